The molecule has 3 rings (SSSR count). The summed E-state index contributed by atoms with van der Waals surface area (Å²) in [4.78, 5) is 4.46. The summed E-state index contributed by atoms with van der Waals surface area (Å²) < 4.78 is 15.1. The number of aliphatic hydroxyl groups excluding tert-OH is 1. The number of imidazole rings is 1. The predicted octanol–water partition coefficient (Wildman–Crippen LogP) is 3.92. The van der Waals surface area contributed by atoms with Gasteiger partial charge in [-0.1, -0.05) is 36.7 Å². The van der Waals surface area contributed by atoms with Crippen LogP contribution in [0.2, 0.25) is 0 Å². The van der Waals surface area contributed by atoms with Crippen LogP contribution in [0.25, 0.3) is 0 Å². The van der Waals surface area contributed by atoms with Gasteiger partial charge in [-0.25, -0.2) is 9.37 Å². The van der Waals surface area contributed by atoms with Crippen molar-refractivity contribution in [3.8, 4) is 0 Å². The van der Waals surface area contributed by atoms with E-state index in [9.17, 15) is 9.50 Å². The van der Waals surface area contributed by atoms with Gasteiger partial charge in [-0.2, -0.15) is 0 Å². The molecule has 1 N–H and O–H groups in total. The van der Waals surface area contributed by atoms with Crippen molar-refractivity contribution in [3.05, 3.63) is 47.5 Å². The summed E-state index contributed by atoms with van der Waals surface area (Å²) in [5.74, 6) is 0.549. The van der Waals surface area contributed by atoms with Crippen LogP contribution in [0.3, 0.4) is 0 Å². The summed E-state index contributed by atoms with van der Waals surface area (Å²) in [5.41, 5.74) is 1.97. The number of aliphatic hydroxyl groups is 1. The molecule has 1 aliphatic rings. The number of hydrogen-bond acceptors (Lipinski definition) is 3. The van der Waals surface area contributed by atoms with E-state index < -0.39 is 0 Å². The quantitative estimate of drug-likeness (QED) is 0.851. The van der Waals surface area contributed by atoms with Crippen LogP contribution in [0.4, 0.5) is 4.39 Å². The van der Waals surface area contributed by atoms with Gasteiger partial charge in [0, 0.05) is 11.8 Å². The molecule has 0 aliphatic heterocycles. The second-order valence-electron chi connectivity index (χ2n) is 5.41. The van der Waals surface area contributed by atoms with Gasteiger partial charge in [-0.3, -0.25) is 0 Å². The zero-order chi connectivity index (χ0) is 14.7. The molecule has 5 heteroatoms. The number of thioether (sulfide) groups is 1. The molecule has 0 spiro atoms. The van der Waals surface area contributed by atoms with Crippen molar-refractivity contribution in [1.82, 2.24) is 9.55 Å². The third-order valence-corrected chi connectivity index (χ3v) is 5.01. The monoisotopic (exact) mass is 306 g/mol. The van der Waals surface area contributed by atoms with Gasteiger partial charge in [-0.15, -0.1) is 0 Å². The molecule has 1 aromatic carbocycles. The van der Waals surface area contributed by atoms with E-state index in [-0.39, 0.29) is 12.4 Å². The molecule has 1 fully saturated rings. The maximum absolute atomic E-state index is 12.9. The third kappa shape index (κ3) is 3.30. The van der Waals surface area contributed by atoms with Gasteiger partial charge in [0.25, 0.3) is 0 Å². The summed E-state index contributed by atoms with van der Waals surface area (Å²) in [6.45, 7) is 0.0284. The lowest BCUT2D eigenvalue weighted by Crippen LogP contribution is -2.10. The highest BCUT2D eigenvalue weighted by Gasteiger charge is 2.22. The smallest absolute Gasteiger partial charge is 0.168 e. The Kier molecular flexibility index (Phi) is 4.60. The van der Waals surface area contributed by atoms with Crippen LogP contribution in [-0.4, -0.2) is 14.7 Å². The molecule has 1 aromatic heterocycles. The average Bonchev–Trinajstić information content (AvgIpc) is 3.15. The Hall–Kier alpha value is -1.33. The molecule has 3 nitrogen and oxygen atoms in total. The number of aromatic nitrogens is 2. The van der Waals surface area contributed by atoms with Gasteiger partial charge in [0.05, 0.1) is 18.5 Å². The summed E-state index contributed by atoms with van der Waals surface area (Å²) in [7, 11) is 0. The molecule has 112 valence electrons. The van der Waals surface area contributed by atoms with Gasteiger partial charge in [-0.05, 0) is 30.5 Å². The first kappa shape index (κ1) is 14.6. The Morgan fingerprint density at radius 1 is 1.24 bits per heavy atom. The van der Waals surface area contributed by atoms with E-state index in [1.54, 1.807) is 30.1 Å². The number of rotatable bonds is 5. The van der Waals surface area contributed by atoms with Crippen molar-refractivity contribution in [2.75, 3.05) is 0 Å². The van der Waals surface area contributed by atoms with Crippen LogP contribution < -0.4 is 0 Å². The van der Waals surface area contributed by atoms with E-state index >= 15 is 0 Å². The zero-order valence-corrected chi connectivity index (χ0v) is 12.7. The fraction of sp³-hybridized carbons (Fsp3) is 0.438. The van der Waals surface area contributed by atoms with E-state index in [2.05, 4.69) is 9.55 Å². The molecule has 0 bridgehead atoms. The average molecular weight is 306 g/mol. The van der Waals surface area contributed by atoms with Crippen molar-refractivity contribution >= 4 is 11.8 Å². The minimum absolute atomic E-state index is 0.0284. The third-order valence-electron chi connectivity index (χ3n) is 3.97. The van der Waals surface area contributed by atoms with Crippen molar-refractivity contribution in [2.24, 2.45) is 0 Å². The highest BCUT2D eigenvalue weighted by molar-refractivity contribution is 7.98. The highest BCUT2D eigenvalue weighted by Crippen LogP contribution is 2.35. The molecular weight excluding hydrogens is 287 g/mol. The van der Waals surface area contributed by atoms with Gasteiger partial charge >= 0.3 is 0 Å². The zero-order valence-electron chi connectivity index (χ0n) is 11.8. The van der Waals surface area contributed by atoms with Crippen molar-refractivity contribution in [3.63, 3.8) is 0 Å². The lowest BCUT2D eigenvalue weighted by molar-refractivity contribution is 0.263. The molecule has 1 saturated carbocycles. The van der Waals surface area contributed by atoms with Crippen molar-refractivity contribution in [2.45, 2.75) is 49.2 Å². The lowest BCUT2D eigenvalue weighted by atomic mass is 10.2. The number of halogens is 1. The molecule has 0 atom stereocenters. The maximum Gasteiger partial charge on any atom is 0.168 e. The summed E-state index contributed by atoms with van der Waals surface area (Å²) in [6, 6.07) is 7.04. The fourth-order valence-corrected chi connectivity index (χ4v) is 3.90. The van der Waals surface area contributed by atoms with Crippen LogP contribution in [0.15, 0.2) is 35.6 Å². The summed E-state index contributed by atoms with van der Waals surface area (Å²) in [5, 5.41) is 10.5. The molecule has 2 aromatic rings. The Labute approximate surface area is 128 Å². The Morgan fingerprint density at radius 2 is 1.95 bits per heavy atom. The van der Waals surface area contributed by atoms with Crippen LogP contribution in [0, 0.1) is 5.82 Å². The molecular formula is C16H19FN2OS. The molecule has 0 saturated heterocycles. The Bertz CT molecular complexity index is 591. The standard InChI is InChI=1S/C16H19FN2OS/c17-13-7-5-12(6-8-13)11-21-16-18-9-15(10-20)19(16)14-3-1-2-4-14/h5-9,14,20H,1-4,10-11H2. The van der Waals surface area contributed by atoms with Gasteiger partial charge in [0.2, 0.25) is 0 Å². The predicted molar refractivity (Wildman–Crippen MR) is 81.6 cm³/mol. The van der Waals surface area contributed by atoms with E-state index in [4.69, 9.17) is 0 Å². The summed E-state index contributed by atoms with van der Waals surface area (Å²) >= 11 is 1.65. The molecule has 1 heterocycles. The molecule has 0 unspecified atom stereocenters. The van der Waals surface area contributed by atoms with Crippen LogP contribution in [0.1, 0.15) is 43.0 Å². The SMILES string of the molecule is OCc1cnc(SCc2ccc(F)cc2)n1C1CCCC1. The highest BCUT2D eigenvalue weighted by atomic mass is 32.2. The van der Waals surface area contributed by atoms with Crippen molar-refractivity contribution in [1.29, 1.82) is 0 Å². The minimum atomic E-state index is -0.209. The largest absolute Gasteiger partial charge is 0.390 e. The van der Waals surface area contributed by atoms with E-state index in [1.807, 2.05) is 0 Å². The van der Waals surface area contributed by atoms with E-state index in [0.717, 1.165) is 35.0 Å². The number of hydrogen-bond donors (Lipinski definition) is 1. The first-order chi connectivity index (χ1) is 10.3. The van der Waals surface area contributed by atoms with Crippen LogP contribution in [-0.2, 0) is 12.4 Å². The second kappa shape index (κ2) is 6.62. The molecule has 0 amide bonds. The first-order valence-electron chi connectivity index (χ1n) is 7.32. The molecule has 0 radical (unpaired) electrons. The van der Waals surface area contributed by atoms with Gasteiger partial charge in [0.1, 0.15) is 5.82 Å². The normalized spacial score (nSPS) is 15.7. The maximum atomic E-state index is 12.9. The lowest BCUT2D eigenvalue weighted by Gasteiger charge is -2.17. The Morgan fingerprint density at radius 3 is 2.62 bits per heavy atom. The van der Waals surface area contributed by atoms with Crippen LogP contribution >= 0.6 is 11.8 Å². The van der Waals surface area contributed by atoms with E-state index in [0.29, 0.717) is 6.04 Å². The topological polar surface area (TPSA) is 38.1 Å². The minimum Gasteiger partial charge on any atom is -0.390 e. The van der Waals surface area contributed by atoms with Gasteiger partial charge < -0.3 is 9.67 Å². The van der Waals surface area contributed by atoms with Crippen LogP contribution in [0.5, 0.6) is 0 Å². The molecule has 21 heavy (non-hydrogen) atoms. The first-order valence-corrected chi connectivity index (χ1v) is 8.30. The Balaban J connectivity index is 1.75. The molecule has 1 aliphatic carbocycles. The second-order valence-corrected chi connectivity index (χ2v) is 6.36. The number of nitrogens with zero attached hydrogens (tertiary/aromatic N) is 2. The van der Waals surface area contributed by atoms with Gasteiger partial charge in [0.15, 0.2) is 5.16 Å². The summed E-state index contributed by atoms with van der Waals surface area (Å²) in [6.07, 6.45) is 6.58. The van der Waals surface area contributed by atoms with Crippen molar-refractivity contribution < 1.29 is 9.50 Å². The van der Waals surface area contributed by atoms with E-state index in [1.165, 1.54) is 25.0 Å². The number of benzene rings is 1. The fourth-order valence-electron chi connectivity index (χ4n) is 2.88.